The molecule has 2 N–H and O–H groups in total. The molecule has 1 atom stereocenters. The highest BCUT2D eigenvalue weighted by Crippen LogP contribution is 2.34. The van der Waals surface area contributed by atoms with Gasteiger partial charge >= 0.3 is 5.97 Å². The first-order chi connectivity index (χ1) is 12.8. The lowest BCUT2D eigenvalue weighted by Gasteiger charge is -2.09. The van der Waals surface area contributed by atoms with Gasteiger partial charge < -0.3 is 15.0 Å². The summed E-state index contributed by atoms with van der Waals surface area (Å²) in [5.74, 6) is -2.08. The third-order valence-electron chi connectivity index (χ3n) is 4.71. The van der Waals surface area contributed by atoms with Gasteiger partial charge in [0.2, 0.25) is 11.7 Å². The molecule has 7 nitrogen and oxygen atoms in total. The third kappa shape index (κ3) is 3.53. The number of aromatic nitrogens is 1. The number of anilines is 1. The Kier molecular flexibility index (Phi) is 4.94. The topological polar surface area (TPSA) is 105 Å². The van der Waals surface area contributed by atoms with Crippen LogP contribution in [0.3, 0.4) is 0 Å². The SMILES string of the molecule is CC(=O)c1c(C)[nH]c(C(=O)COC(=O)C[C@H]2C(=O)Nc3ccccc32)c1C. The number of aryl methyl sites for hydroxylation is 1. The summed E-state index contributed by atoms with van der Waals surface area (Å²) in [6.07, 6.45) is -0.141. The van der Waals surface area contributed by atoms with Crippen molar-refractivity contribution < 1.29 is 23.9 Å². The highest BCUT2D eigenvalue weighted by atomic mass is 16.5. The fourth-order valence-corrected chi connectivity index (χ4v) is 3.48. The van der Waals surface area contributed by atoms with E-state index in [2.05, 4.69) is 10.3 Å². The monoisotopic (exact) mass is 368 g/mol. The summed E-state index contributed by atoms with van der Waals surface area (Å²) in [6.45, 7) is 4.37. The van der Waals surface area contributed by atoms with Crippen LogP contribution in [0.4, 0.5) is 5.69 Å². The van der Waals surface area contributed by atoms with Gasteiger partial charge in [-0.2, -0.15) is 0 Å². The third-order valence-corrected chi connectivity index (χ3v) is 4.71. The molecule has 2 heterocycles. The second kappa shape index (κ2) is 7.19. The van der Waals surface area contributed by atoms with Crippen molar-refractivity contribution in [2.45, 2.75) is 33.1 Å². The lowest BCUT2D eigenvalue weighted by molar-refractivity contribution is -0.144. The van der Waals surface area contributed by atoms with Gasteiger partial charge in [-0.1, -0.05) is 18.2 Å². The van der Waals surface area contributed by atoms with Crippen LogP contribution in [0.5, 0.6) is 0 Å². The number of ether oxygens (including phenoxy) is 1. The maximum Gasteiger partial charge on any atom is 0.307 e. The zero-order valence-electron chi connectivity index (χ0n) is 15.3. The summed E-state index contributed by atoms with van der Waals surface area (Å²) in [4.78, 5) is 51.1. The second-order valence-corrected chi connectivity index (χ2v) is 6.60. The molecular formula is C20H20N2O5. The normalized spacial score (nSPS) is 15.2. The highest BCUT2D eigenvalue weighted by Gasteiger charge is 2.32. The number of nitrogens with one attached hydrogen (secondary N) is 2. The maximum atomic E-state index is 12.4. The number of hydrogen-bond donors (Lipinski definition) is 2. The number of esters is 1. The standard InChI is InChI=1S/C20H20N2O5/c1-10-18(12(3)23)11(2)21-19(10)16(24)9-27-17(25)8-14-13-6-4-5-7-15(13)22-20(14)26/h4-7,14,21H,8-9H2,1-3H3,(H,22,26)/t14-/m1/s1. The number of amides is 1. The minimum atomic E-state index is -0.632. The Hall–Kier alpha value is -3.22. The number of fused-ring (bicyclic) bond motifs is 1. The van der Waals surface area contributed by atoms with Gasteiger partial charge in [-0.05, 0) is 38.0 Å². The number of ketones is 2. The van der Waals surface area contributed by atoms with Gasteiger partial charge in [0.05, 0.1) is 18.0 Å². The number of para-hydroxylation sites is 1. The Balaban J connectivity index is 1.63. The van der Waals surface area contributed by atoms with E-state index >= 15 is 0 Å². The summed E-state index contributed by atoms with van der Waals surface area (Å²) in [5.41, 5.74) is 3.32. The van der Waals surface area contributed by atoms with E-state index in [9.17, 15) is 19.2 Å². The molecule has 0 spiro atoms. The molecule has 3 rings (SSSR count). The van der Waals surface area contributed by atoms with Gasteiger partial charge in [0, 0.05) is 16.9 Å². The van der Waals surface area contributed by atoms with Gasteiger partial charge in [0.15, 0.2) is 12.4 Å². The van der Waals surface area contributed by atoms with Crippen LogP contribution in [-0.4, -0.2) is 35.0 Å². The minimum Gasteiger partial charge on any atom is -0.457 e. The molecule has 0 saturated heterocycles. The van der Waals surface area contributed by atoms with Gasteiger partial charge in [0.25, 0.3) is 0 Å². The quantitative estimate of drug-likeness (QED) is 0.602. The number of carbonyl (C=O) groups is 4. The zero-order valence-corrected chi connectivity index (χ0v) is 15.3. The largest absolute Gasteiger partial charge is 0.457 e. The molecule has 140 valence electrons. The number of rotatable bonds is 6. The molecule has 2 aromatic rings. The van der Waals surface area contributed by atoms with Crippen LogP contribution in [0.1, 0.15) is 56.9 Å². The van der Waals surface area contributed by atoms with Crippen molar-refractivity contribution in [1.29, 1.82) is 0 Å². The van der Waals surface area contributed by atoms with Gasteiger partial charge in [-0.3, -0.25) is 19.2 Å². The molecule has 0 unspecified atom stereocenters. The van der Waals surface area contributed by atoms with Gasteiger partial charge in [0.1, 0.15) is 0 Å². The average molecular weight is 368 g/mol. The molecule has 1 aliphatic heterocycles. The predicted octanol–water partition coefficient (Wildman–Crippen LogP) is 2.69. The van der Waals surface area contributed by atoms with Crippen molar-refractivity contribution in [1.82, 2.24) is 4.98 Å². The number of Topliss-reactive ketones (excluding diaryl/α,β-unsaturated/α-hetero) is 2. The molecule has 0 aliphatic carbocycles. The van der Waals surface area contributed by atoms with Crippen molar-refractivity contribution in [2.24, 2.45) is 0 Å². The molecule has 1 amide bonds. The molecule has 0 bridgehead atoms. The summed E-state index contributed by atoms with van der Waals surface area (Å²) in [6, 6.07) is 7.15. The summed E-state index contributed by atoms with van der Waals surface area (Å²) < 4.78 is 5.07. The van der Waals surface area contributed by atoms with Crippen LogP contribution in [0.25, 0.3) is 0 Å². The smallest absolute Gasteiger partial charge is 0.307 e. The fraction of sp³-hybridized carbons (Fsp3) is 0.300. The number of hydrogen-bond acceptors (Lipinski definition) is 5. The molecule has 1 aromatic heterocycles. The Bertz CT molecular complexity index is 957. The summed E-state index contributed by atoms with van der Waals surface area (Å²) >= 11 is 0. The van der Waals surface area contributed by atoms with Gasteiger partial charge in [-0.25, -0.2) is 0 Å². The fourth-order valence-electron chi connectivity index (χ4n) is 3.48. The molecule has 0 fully saturated rings. The van der Waals surface area contributed by atoms with E-state index in [1.54, 1.807) is 38.1 Å². The van der Waals surface area contributed by atoms with E-state index < -0.39 is 24.3 Å². The number of carbonyl (C=O) groups excluding carboxylic acids is 4. The predicted molar refractivity (Wildman–Crippen MR) is 98.0 cm³/mol. The molecule has 1 aromatic carbocycles. The molecule has 0 saturated carbocycles. The Morgan fingerprint density at radius 2 is 1.85 bits per heavy atom. The van der Waals surface area contributed by atoms with Crippen molar-refractivity contribution in [2.75, 3.05) is 11.9 Å². The Labute approximate surface area is 156 Å². The van der Waals surface area contributed by atoms with E-state index in [0.717, 1.165) is 5.56 Å². The van der Waals surface area contributed by atoms with E-state index in [4.69, 9.17) is 4.74 Å². The number of aromatic amines is 1. The second-order valence-electron chi connectivity index (χ2n) is 6.60. The number of benzene rings is 1. The Morgan fingerprint density at radius 3 is 2.52 bits per heavy atom. The van der Waals surface area contributed by atoms with Crippen molar-refractivity contribution in [3.8, 4) is 0 Å². The highest BCUT2D eigenvalue weighted by molar-refractivity contribution is 6.05. The number of H-pyrrole nitrogens is 1. The van der Waals surface area contributed by atoms with Crippen LogP contribution in [0.2, 0.25) is 0 Å². The summed E-state index contributed by atoms with van der Waals surface area (Å²) in [5, 5.41) is 2.72. The van der Waals surface area contributed by atoms with Crippen molar-refractivity contribution >= 4 is 29.1 Å². The maximum absolute atomic E-state index is 12.4. The lowest BCUT2D eigenvalue weighted by Crippen LogP contribution is -2.20. The van der Waals surface area contributed by atoms with Crippen LogP contribution in [-0.2, 0) is 14.3 Å². The van der Waals surface area contributed by atoms with E-state index in [-0.39, 0.29) is 23.8 Å². The molecule has 1 aliphatic rings. The van der Waals surface area contributed by atoms with E-state index in [0.29, 0.717) is 22.5 Å². The Morgan fingerprint density at radius 1 is 1.15 bits per heavy atom. The van der Waals surface area contributed by atoms with Crippen LogP contribution < -0.4 is 5.32 Å². The van der Waals surface area contributed by atoms with Crippen molar-refractivity contribution in [3.05, 3.63) is 52.3 Å². The van der Waals surface area contributed by atoms with Crippen LogP contribution in [0.15, 0.2) is 24.3 Å². The summed E-state index contributed by atoms with van der Waals surface area (Å²) in [7, 11) is 0. The van der Waals surface area contributed by atoms with Crippen molar-refractivity contribution in [3.63, 3.8) is 0 Å². The van der Waals surface area contributed by atoms with E-state index in [1.807, 2.05) is 0 Å². The van der Waals surface area contributed by atoms with E-state index in [1.165, 1.54) is 6.92 Å². The zero-order chi connectivity index (χ0) is 19.7. The van der Waals surface area contributed by atoms with Crippen LogP contribution >= 0.6 is 0 Å². The first-order valence-electron chi connectivity index (χ1n) is 8.58. The van der Waals surface area contributed by atoms with Gasteiger partial charge in [-0.15, -0.1) is 0 Å². The first-order valence-corrected chi connectivity index (χ1v) is 8.58. The minimum absolute atomic E-state index is 0.136. The molecule has 0 radical (unpaired) electrons. The lowest BCUT2D eigenvalue weighted by atomic mass is 9.97. The molecule has 27 heavy (non-hydrogen) atoms. The average Bonchev–Trinajstić information content (AvgIpc) is 3.09. The molecular weight excluding hydrogens is 348 g/mol. The molecule has 7 heteroatoms. The first kappa shape index (κ1) is 18.6. The van der Waals surface area contributed by atoms with Crippen LogP contribution in [0, 0.1) is 13.8 Å².